The third-order valence-corrected chi connectivity index (χ3v) is 8.15. The van der Waals surface area contributed by atoms with E-state index >= 15 is 0 Å². The summed E-state index contributed by atoms with van der Waals surface area (Å²) in [7, 11) is -0.639. The van der Waals surface area contributed by atoms with E-state index in [1.807, 2.05) is 38.2 Å². The Hall–Kier alpha value is -2.93. The summed E-state index contributed by atoms with van der Waals surface area (Å²) in [5, 5.41) is 9.94. The van der Waals surface area contributed by atoms with Crippen molar-refractivity contribution in [1.29, 1.82) is 0 Å². The summed E-state index contributed by atoms with van der Waals surface area (Å²) in [6.45, 7) is 0.825. The monoisotopic (exact) mass is 531 g/mol. The molecule has 0 aliphatic heterocycles. The van der Waals surface area contributed by atoms with E-state index in [1.165, 1.54) is 13.2 Å². The van der Waals surface area contributed by atoms with Crippen LogP contribution < -0.4 is 15.5 Å². The molecule has 3 aromatic heterocycles. The molecule has 0 bridgehead atoms. The molecule has 9 nitrogen and oxygen atoms in total. The van der Waals surface area contributed by atoms with Crippen molar-refractivity contribution in [3.8, 4) is 11.3 Å². The van der Waals surface area contributed by atoms with Crippen LogP contribution in [0, 0.1) is 0 Å². The van der Waals surface area contributed by atoms with Crippen molar-refractivity contribution in [2.75, 3.05) is 25.5 Å². The highest BCUT2D eigenvalue weighted by atomic mass is 35.5. The van der Waals surface area contributed by atoms with Crippen LogP contribution in [0.1, 0.15) is 22.5 Å². The van der Waals surface area contributed by atoms with Crippen LogP contribution in [0.4, 0.5) is 5.82 Å². The first kappa shape index (κ1) is 25.2. The molecule has 0 fully saturated rings. The molecular formula is C22H23BClN5O4S2. The number of methoxy groups -OCH3 is 1. The third-order valence-electron chi connectivity index (χ3n) is 5.29. The summed E-state index contributed by atoms with van der Waals surface area (Å²) in [4.78, 5) is 16.5. The Morgan fingerprint density at radius 3 is 2.77 bits per heavy atom. The number of nitrogens with zero attached hydrogens (tertiary/aromatic N) is 3. The van der Waals surface area contributed by atoms with Gasteiger partial charge in [-0.3, -0.25) is 0 Å². The molecular weight excluding hydrogens is 509 g/mol. The number of ether oxygens (including phenoxy) is 1. The Labute approximate surface area is 212 Å². The smallest absolute Gasteiger partial charge is 0.349 e. The number of hydrogen-bond donors (Lipinski definition) is 2. The van der Waals surface area contributed by atoms with Gasteiger partial charge in [0.2, 0.25) is 10.0 Å². The average Bonchev–Trinajstić information content (AvgIpc) is 3.49. The van der Waals surface area contributed by atoms with Crippen molar-refractivity contribution in [1.82, 2.24) is 19.3 Å². The van der Waals surface area contributed by atoms with Crippen LogP contribution in [0.2, 0.25) is 5.02 Å². The maximum atomic E-state index is 12.6. The molecule has 4 rings (SSSR count). The Kier molecular flexibility index (Phi) is 7.75. The summed E-state index contributed by atoms with van der Waals surface area (Å²) >= 11 is 7.41. The number of halogens is 1. The molecule has 13 heteroatoms. The number of carbonyl (C=O) groups is 1. The molecule has 0 spiro atoms. The number of thiophene rings is 1. The molecule has 1 aromatic carbocycles. The lowest BCUT2D eigenvalue weighted by Crippen LogP contribution is -2.26. The normalized spacial score (nSPS) is 11.6. The lowest BCUT2D eigenvalue weighted by Gasteiger charge is -2.12. The van der Waals surface area contributed by atoms with Crippen LogP contribution in [0.3, 0.4) is 0 Å². The number of unbranched alkanes of at least 4 members (excludes halogenated alkanes) is 1. The van der Waals surface area contributed by atoms with E-state index in [2.05, 4.69) is 19.9 Å². The van der Waals surface area contributed by atoms with Gasteiger partial charge in [0.05, 0.1) is 12.8 Å². The fraction of sp³-hybridized carbons (Fsp3) is 0.227. The first-order valence-corrected chi connectivity index (χ1v) is 13.6. The van der Waals surface area contributed by atoms with Crippen LogP contribution in [0.5, 0.6) is 0 Å². The molecule has 0 radical (unpaired) electrons. The van der Waals surface area contributed by atoms with Gasteiger partial charge >= 0.3 is 5.97 Å². The van der Waals surface area contributed by atoms with E-state index in [9.17, 15) is 13.2 Å². The van der Waals surface area contributed by atoms with Gasteiger partial charge in [-0.25, -0.2) is 22.9 Å². The number of fused-ring (bicyclic) bond motifs is 1. The minimum Gasteiger partial charge on any atom is -0.465 e. The Bertz CT molecular complexity index is 1470. The number of esters is 1. The van der Waals surface area contributed by atoms with Gasteiger partial charge in [0.1, 0.15) is 23.4 Å². The molecule has 0 unspecified atom stereocenters. The maximum absolute atomic E-state index is 12.6. The van der Waals surface area contributed by atoms with Crippen molar-refractivity contribution in [2.45, 2.75) is 17.7 Å². The third kappa shape index (κ3) is 5.51. The zero-order chi connectivity index (χ0) is 25.0. The van der Waals surface area contributed by atoms with Gasteiger partial charge in [-0.15, -0.1) is 11.3 Å². The fourth-order valence-electron chi connectivity index (χ4n) is 3.51. The number of anilines is 1. The van der Waals surface area contributed by atoms with Crippen LogP contribution in [-0.2, 0) is 14.8 Å². The molecule has 0 amide bonds. The predicted octanol–water partition coefficient (Wildman–Crippen LogP) is 2.33. The van der Waals surface area contributed by atoms with Crippen molar-refractivity contribution >= 4 is 63.7 Å². The number of rotatable bonds is 10. The first-order valence-electron chi connectivity index (χ1n) is 10.8. The molecule has 35 heavy (non-hydrogen) atoms. The predicted molar refractivity (Wildman–Crippen MR) is 140 cm³/mol. The number of aromatic nitrogens is 3. The zero-order valence-corrected chi connectivity index (χ0v) is 21.5. The Balaban J connectivity index is 1.38. The average molecular weight is 532 g/mol. The topological polar surface area (TPSA) is 115 Å². The quantitative estimate of drug-likeness (QED) is 0.183. The molecule has 2 N–H and O–H groups in total. The molecule has 0 aliphatic rings. The second-order valence-corrected chi connectivity index (χ2v) is 10.8. The van der Waals surface area contributed by atoms with E-state index in [0.29, 0.717) is 24.4 Å². The minimum atomic E-state index is -3.80. The largest absolute Gasteiger partial charge is 0.465 e. The SMILES string of the molecule is Bc1cnn2c(NCCCCNS(=O)(=O)c3ccsc3C(=O)OC)cc(-c3ccccc3Cl)nc12. The molecule has 182 valence electrons. The van der Waals surface area contributed by atoms with Crippen LogP contribution >= 0.6 is 22.9 Å². The number of sulfonamides is 1. The minimum absolute atomic E-state index is 0.0622. The van der Waals surface area contributed by atoms with Gasteiger partial charge in [-0.1, -0.05) is 29.8 Å². The molecule has 0 saturated heterocycles. The van der Waals surface area contributed by atoms with Gasteiger partial charge in [-0.05, 0) is 35.8 Å². The van der Waals surface area contributed by atoms with Gasteiger partial charge in [0.15, 0.2) is 5.65 Å². The van der Waals surface area contributed by atoms with E-state index in [1.54, 1.807) is 16.1 Å². The number of benzene rings is 1. The summed E-state index contributed by atoms with van der Waals surface area (Å²) in [5.74, 6) is 0.0952. The molecule has 0 saturated carbocycles. The molecule has 4 aromatic rings. The van der Waals surface area contributed by atoms with E-state index < -0.39 is 16.0 Å². The highest BCUT2D eigenvalue weighted by molar-refractivity contribution is 7.89. The van der Waals surface area contributed by atoms with E-state index in [4.69, 9.17) is 16.6 Å². The number of carbonyl (C=O) groups excluding carboxylic acids is 1. The van der Waals surface area contributed by atoms with Crippen LogP contribution in [0.15, 0.2) is 52.9 Å². The summed E-state index contributed by atoms with van der Waals surface area (Å²) < 4.78 is 34.1. The second-order valence-electron chi connectivity index (χ2n) is 7.71. The molecule has 3 heterocycles. The lowest BCUT2D eigenvalue weighted by molar-refractivity contribution is 0.0602. The van der Waals surface area contributed by atoms with E-state index in [0.717, 1.165) is 39.5 Å². The number of nitrogens with one attached hydrogen (secondary N) is 2. The molecule has 0 aliphatic carbocycles. The summed E-state index contributed by atoms with van der Waals surface area (Å²) in [6, 6.07) is 10.8. The fourth-order valence-corrected chi connectivity index (χ4v) is 6.15. The number of hydrogen-bond acceptors (Lipinski definition) is 8. The standard InChI is InChI=1S/C22H23BClN5O4S2/c1-33-22(30)20-18(8-11-34-20)35(31,32)27-10-5-4-9-25-19-12-17(14-6-2-3-7-16(14)24)28-21-15(23)13-26-29(19)21/h2-3,6-8,11-13,25,27H,4-5,9-10,23H2,1H3. The van der Waals surface area contributed by atoms with Gasteiger partial charge < -0.3 is 10.1 Å². The second kappa shape index (κ2) is 10.8. The first-order chi connectivity index (χ1) is 16.8. The zero-order valence-electron chi connectivity index (χ0n) is 19.1. The molecule has 0 atom stereocenters. The van der Waals surface area contributed by atoms with Crippen molar-refractivity contribution in [2.24, 2.45) is 0 Å². The van der Waals surface area contributed by atoms with E-state index in [-0.39, 0.29) is 16.3 Å². The summed E-state index contributed by atoms with van der Waals surface area (Å²) in [5.41, 5.74) is 3.24. The van der Waals surface area contributed by atoms with Gasteiger partial charge in [0.25, 0.3) is 0 Å². The Morgan fingerprint density at radius 1 is 1.23 bits per heavy atom. The maximum Gasteiger partial charge on any atom is 0.349 e. The van der Waals surface area contributed by atoms with Crippen molar-refractivity contribution in [3.63, 3.8) is 0 Å². The highest BCUT2D eigenvalue weighted by Gasteiger charge is 2.24. The van der Waals surface area contributed by atoms with Gasteiger partial charge in [0, 0.05) is 35.9 Å². The van der Waals surface area contributed by atoms with Crippen molar-refractivity contribution in [3.05, 3.63) is 57.9 Å². The van der Waals surface area contributed by atoms with Gasteiger partial charge in [-0.2, -0.15) is 9.61 Å². The van der Waals surface area contributed by atoms with Crippen LogP contribution in [-0.4, -0.2) is 57.0 Å². The van der Waals surface area contributed by atoms with Crippen molar-refractivity contribution < 1.29 is 17.9 Å². The Morgan fingerprint density at radius 2 is 2.00 bits per heavy atom. The lowest BCUT2D eigenvalue weighted by atomic mass is 10.0. The highest BCUT2D eigenvalue weighted by Crippen LogP contribution is 2.28. The summed E-state index contributed by atoms with van der Waals surface area (Å²) in [6.07, 6.45) is 3.04. The van der Waals surface area contributed by atoms with Crippen LogP contribution in [0.25, 0.3) is 16.9 Å².